The van der Waals surface area contributed by atoms with E-state index < -0.39 is 11.8 Å². The first-order chi connectivity index (χ1) is 14.4. The molecule has 0 saturated carbocycles. The lowest BCUT2D eigenvalue weighted by Gasteiger charge is -2.27. The average molecular weight is 439 g/mol. The zero-order valence-electron chi connectivity index (χ0n) is 16.8. The van der Waals surface area contributed by atoms with Gasteiger partial charge in [-0.2, -0.15) is 0 Å². The van der Waals surface area contributed by atoms with E-state index in [4.69, 9.17) is 17.0 Å². The molecule has 0 bridgehead atoms. The number of methoxy groups -OCH3 is 1. The SMILES string of the molecule is C=CCN1C(=O)C(=Cc2ccc(OC)c(CSc3ccc(C)cc3)c2)C(=O)NC1=S. The molecule has 0 unspecified atom stereocenters. The number of carbonyl (C=O) groups is 2. The molecule has 0 spiro atoms. The predicted molar refractivity (Wildman–Crippen MR) is 124 cm³/mol. The number of thioether (sulfide) groups is 1. The van der Waals surface area contributed by atoms with Gasteiger partial charge in [-0.25, -0.2) is 0 Å². The van der Waals surface area contributed by atoms with Crippen molar-refractivity contribution in [1.29, 1.82) is 0 Å². The quantitative estimate of drug-likeness (QED) is 0.232. The highest BCUT2D eigenvalue weighted by atomic mass is 32.2. The number of aryl methyl sites for hydroxylation is 1. The number of benzene rings is 2. The van der Waals surface area contributed by atoms with Gasteiger partial charge in [0.15, 0.2) is 5.11 Å². The Morgan fingerprint density at radius 1 is 1.20 bits per heavy atom. The first kappa shape index (κ1) is 21.8. The molecule has 1 N–H and O–H groups in total. The zero-order chi connectivity index (χ0) is 21.7. The van der Waals surface area contributed by atoms with E-state index >= 15 is 0 Å². The van der Waals surface area contributed by atoms with Gasteiger partial charge in [-0.3, -0.25) is 19.8 Å². The Hall–Kier alpha value is -2.90. The van der Waals surface area contributed by atoms with Gasteiger partial charge in [0, 0.05) is 22.8 Å². The fourth-order valence-electron chi connectivity index (χ4n) is 2.95. The Morgan fingerprint density at radius 2 is 1.93 bits per heavy atom. The van der Waals surface area contributed by atoms with Crippen LogP contribution in [0, 0.1) is 6.92 Å². The number of hydrogen-bond acceptors (Lipinski definition) is 5. The van der Waals surface area contributed by atoms with E-state index in [1.807, 2.05) is 18.2 Å². The van der Waals surface area contributed by atoms with Crippen molar-refractivity contribution < 1.29 is 14.3 Å². The second-order valence-corrected chi connectivity index (χ2v) is 8.13. The van der Waals surface area contributed by atoms with E-state index in [1.54, 1.807) is 31.0 Å². The summed E-state index contributed by atoms with van der Waals surface area (Å²) in [6.07, 6.45) is 3.14. The van der Waals surface area contributed by atoms with Crippen LogP contribution in [0.15, 0.2) is 65.6 Å². The topological polar surface area (TPSA) is 58.6 Å². The molecule has 7 heteroatoms. The maximum atomic E-state index is 12.7. The molecule has 0 aliphatic carbocycles. The highest BCUT2D eigenvalue weighted by Crippen LogP contribution is 2.30. The molecule has 1 heterocycles. The Labute approximate surface area is 185 Å². The van der Waals surface area contributed by atoms with Crippen molar-refractivity contribution in [3.8, 4) is 5.75 Å². The van der Waals surface area contributed by atoms with Gasteiger partial charge in [-0.15, -0.1) is 18.3 Å². The Balaban J connectivity index is 1.86. The molecule has 2 aromatic rings. The zero-order valence-corrected chi connectivity index (χ0v) is 18.4. The van der Waals surface area contributed by atoms with Crippen LogP contribution in [0.25, 0.3) is 6.08 Å². The molecule has 1 aliphatic rings. The van der Waals surface area contributed by atoms with Gasteiger partial charge in [0.05, 0.1) is 7.11 Å². The summed E-state index contributed by atoms with van der Waals surface area (Å²) in [5.41, 5.74) is 2.96. The third kappa shape index (κ3) is 4.98. The summed E-state index contributed by atoms with van der Waals surface area (Å²) in [6, 6.07) is 13.9. The van der Waals surface area contributed by atoms with Crippen molar-refractivity contribution in [3.05, 3.63) is 77.4 Å². The number of hydrogen-bond donors (Lipinski definition) is 1. The normalized spacial score (nSPS) is 15.3. The lowest BCUT2D eigenvalue weighted by Crippen LogP contribution is -2.53. The van der Waals surface area contributed by atoms with Crippen LogP contribution < -0.4 is 10.1 Å². The van der Waals surface area contributed by atoms with Crippen molar-refractivity contribution in [2.24, 2.45) is 0 Å². The van der Waals surface area contributed by atoms with Crippen molar-refractivity contribution >= 4 is 47.0 Å². The number of rotatable bonds is 7. The number of thiocarbonyl (C=S) groups is 1. The molecule has 154 valence electrons. The molecule has 1 aliphatic heterocycles. The average Bonchev–Trinajstić information content (AvgIpc) is 2.74. The van der Waals surface area contributed by atoms with E-state index in [9.17, 15) is 9.59 Å². The maximum absolute atomic E-state index is 12.7. The lowest BCUT2D eigenvalue weighted by atomic mass is 10.0. The van der Waals surface area contributed by atoms with E-state index in [-0.39, 0.29) is 17.2 Å². The highest BCUT2D eigenvalue weighted by molar-refractivity contribution is 7.98. The van der Waals surface area contributed by atoms with E-state index in [0.29, 0.717) is 5.75 Å². The lowest BCUT2D eigenvalue weighted by molar-refractivity contribution is -0.128. The van der Waals surface area contributed by atoms with Gasteiger partial charge in [0.25, 0.3) is 11.8 Å². The van der Waals surface area contributed by atoms with Crippen molar-refractivity contribution in [2.75, 3.05) is 13.7 Å². The smallest absolute Gasteiger partial charge is 0.265 e. The Bertz CT molecular complexity index is 1030. The first-order valence-electron chi connectivity index (χ1n) is 9.29. The molecule has 30 heavy (non-hydrogen) atoms. The van der Waals surface area contributed by atoms with E-state index in [1.165, 1.54) is 10.5 Å². The number of nitrogens with zero attached hydrogens (tertiary/aromatic N) is 1. The van der Waals surface area contributed by atoms with Crippen LogP contribution in [-0.2, 0) is 15.3 Å². The van der Waals surface area contributed by atoms with Gasteiger partial charge < -0.3 is 4.74 Å². The minimum absolute atomic E-state index is 0.0350. The molecule has 0 atom stereocenters. The minimum Gasteiger partial charge on any atom is -0.496 e. The predicted octanol–water partition coefficient (Wildman–Crippen LogP) is 4.11. The van der Waals surface area contributed by atoms with Crippen LogP contribution in [0.5, 0.6) is 5.75 Å². The van der Waals surface area contributed by atoms with Crippen LogP contribution in [-0.4, -0.2) is 35.5 Å². The van der Waals surface area contributed by atoms with Crippen LogP contribution in [0.4, 0.5) is 0 Å². The summed E-state index contributed by atoms with van der Waals surface area (Å²) in [4.78, 5) is 27.5. The fraction of sp³-hybridized carbons (Fsp3) is 0.174. The summed E-state index contributed by atoms with van der Waals surface area (Å²) < 4.78 is 5.49. The van der Waals surface area contributed by atoms with Crippen molar-refractivity contribution in [3.63, 3.8) is 0 Å². The summed E-state index contributed by atoms with van der Waals surface area (Å²) in [5, 5.41) is 2.65. The third-order valence-corrected chi connectivity index (χ3v) is 5.91. The number of amides is 2. The molecule has 0 aromatic heterocycles. The molecule has 1 fully saturated rings. The molecule has 3 rings (SSSR count). The third-order valence-electron chi connectivity index (χ3n) is 4.53. The monoisotopic (exact) mass is 438 g/mol. The largest absolute Gasteiger partial charge is 0.496 e. The molecule has 5 nitrogen and oxygen atoms in total. The van der Waals surface area contributed by atoms with Crippen LogP contribution in [0.1, 0.15) is 16.7 Å². The summed E-state index contributed by atoms with van der Waals surface area (Å²) in [6.45, 7) is 5.92. The molecule has 0 radical (unpaired) electrons. The van der Waals surface area contributed by atoms with Crippen LogP contribution >= 0.6 is 24.0 Å². The second-order valence-electron chi connectivity index (χ2n) is 6.69. The van der Waals surface area contributed by atoms with Crippen molar-refractivity contribution in [2.45, 2.75) is 17.6 Å². The van der Waals surface area contributed by atoms with Crippen LogP contribution in [0.2, 0.25) is 0 Å². The maximum Gasteiger partial charge on any atom is 0.265 e. The first-order valence-corrected chi connectivity index (χ1v) is 10.7. The fourth-order valence-corrected chi connectivity index (χ4v) is 4.08. The van der Waals surface area contributed by atoms with Gasteiger partial charge in [-0.05, 0) is 55.0 Å². The number of ether oxygens (including phenoxy) is 1. The van der Waals surface area contributed by atoms with Gasteiger partial charge in [-0.1, -0.05) is 29.8 Å². The molecular weight excluding hydrogens is 416 g/mol. The Morgan fingerprint density at radius 3 is 2.60 bits per heavy atom. The summed E-state index contributed by atoms with van der Waals surface area (Å²) in [5.74, 6) is 0.508. The number of nitrogens with one attached hydrogen (secondary N) is 1. The highest BCUT2D eigenvalue weighted by Gasteiger charge is 2.32. The molecule has 2 aromatic carbocycles. The van der Waals surface area contributed by atoms with Crippen LogP contribution in [0.3, 0.4) is 0 Å². The molecular formula is C23H22N2O3S2. The summed E-state index contributed by atoms with van der Waals surface area (Å²) >= 11 is 6.78. The van der Waals surface area contributed by atoms with Gasteiger partial charge in [0.2, 0.25) is 0 Å². The second kappa shape index (κ2) is 9.73. The summed E-state index contributed by atoms with van der Waals surface area (Å²) in [7, 11) is 1.62. The molecule has 1 saturated heterocycles. The van der Waals surface area contributed by atoms with Gasteiger partial charge in [0.1, 0.15) is 11.3 Å². The molecule has 2 amide bonds. The number of carbonyl (C=O) groups excluding carboxylic acids is 2. The minimum atomic E-state index is -0.503. The van der Waals surface area contributed by atoms with Crippen molar-refractivity contribution in [1.82, 2.24) is 10.2 Å². The van der Waals surface area contributed by atoms with Gasteiger partial charge >= 0.3 is 0 Å². The Kier molecular flexibility index (Phi) is 7.07. The van der Waals surface area contributed by atoms with E-state index in [0.717, 1.165) is 21.8 Å². The standard InChI is InChI=1S/C23H22N2O3S2/c1-4-11-25-22(27)19(21(26)24-23(25)29)13-16-7-10-20(28-3)17(12-16)14-30-18-8-5-15(2)6-9-18/h4-10,12-13H,1,11,14H2,2-3H3,(H,24,26,29). The van der Waals surface area contributed by atoms with E-state index in [2.05, 4.69) is 43.1 Å².